The fraction of sp³-hybridized carbons (Fsp3) is 0.265. The highest BCUT2D eigenvalue weighted by molar-refractivity contribution is 5.70. The zero-order valence-electron chi connectivity index (χ0n) is 22.9. The number of nitrogens with zero attached hydrogens (tertiary/aromatic N) is 1. The van der Waals surface area contributed by atoms with Crippen LogP contribution in [0.4, 0.5) is 13.2 Å². The van der Waals surface area contributed by atoms with Gasteiger partial charge in [0, 0.05) is 25.0 Å². The first-order valence-electron chi connectivity index (χ1n) is 13.6. The van der Waals surface area contributed by atoms with Crippen molar-refractivity contribution >= 4 is 5.97 Å². The van der Waals surface area contributed by atoms with Crippen molar-refractivity contribution < 1.29 is 27.8 Å². The van der Waals surface area contributed by atoms with E-state index in [2.05, 4.69) is 36.1 Å². The van der Waals surface area contributed by atoms with Gasteiger partial charge in [0.15, 0.2) is 0 Å². The van der Waals surface area contributed by atoms with Crippen LogP contribution in [-0.2, 0) is 23.9 Å². The predicted octanol–water partition coefficient (Wildman–Crippen LogP) is 7.82. The summed E-state index contributed by atoms with van der Waals surface area (Å²) in [5.41, 5.74) is 2.85. The minimum Gasteiger partial charge on any atom is -0.494 e. The molecule has 0 heterocycles. The van der Waals surface area contributed by atoms with Gasteiger partial charge in [0.1, 0.15) is 5.75 Å². The Hall–Kier alpha value is -4.10. The van der Waals surface area contributed by atoms with Crippen LogP contribution in [0, 0.1) is 0 Å². The van der Waals surface area contributed by atoms with E-state index < -0.39 is 17.7 Å². The van der Waals surface area contributed by atoms with Gasteiger partial charge in [0.05, 0.1) is 18.6 Å². The molecule has 0 aliphatic carbocycles. The molecule has 0 aliphatic rings. The average Bonchev–Trinajstić information content (AvgIpc) is 2.95. The van der Waals surface area contributed by atoms with Crippen LogP contribution < -0.4 is 4.74 Å². The molecule has 1 N–H and O–H groups in total. The van der Waals surface area contributed by atoms with E-state index in [0.29, 0.717) is 43.0 Å². The van der Waals surface area contributed by atoms with E-state index in [1.54, 1.807) is 30.3 Å². The molecule has 0 radical (unpaired) electrons. The normalized spacial score (nSPS) is 12.4. The molecule has 0 bridgehead atoms. The van der Waals surface area contributed by atoms with Crippen molar-refractivity contribution in [1.29, 1.82) is 0 Å². The molecule has 0 fully saturated rings. The second kappa shape index (κ2) is 14.0. The van der Waals surface area contributed by atoms with E-state index in [-0.39, 0.29) is 18.4 Å². The number of alkyl halides is 3. The number of carboxylic acids is 1. The summed E-state index contributed by atoms with van der Waals surface area (Å²) in [6.45, 7) is 3.37. The number of ether oxygens (including phenoxy) is 1. The van der Waals surface area contributed by atoms with Gasteiger partial charge in [-0.25, -0.2) is 0 Å². The van der Waals surface area contributed by atoms with Gasteiger partial charge in [-0.3, -0.25) is 9.69 Å². The highest BCUT2D eigenvalue weighted by atomic mass is 19.4. The molecule has 7 heteroatoms. The molecule has 1 atom stereocenters. The molecule has 4 nitrogen and oxygen atoms in total. The molecular weight excluding hydrogens is 527 g/mol. The molecule has 41 heavy (non-hydrogen) atoms. The minimum atomic E-state index is -4.41. The average molecular weight is 562 g/mol. The number of aliphatic carboxylic acids is 1. The van der Waals surface area contributed by atoms with Gasteiger partial charge >= 0.3 is 12.1 Å². The molecule has 0 aliphatic heterocycles. The number of rotatable bonds is 13. The highest BCUT2D eigenvalue weighted by Gasteiger charge is 2.31. The smallest absolute Gasteiger partial charge is 0.416 e. The van der Waals surface area contributed by atoms with Crippen LogP contribution in [0.1, 0.15) is 47.1 Å². The summed E-state index contributed by atoms with van der Waals surface area (Å²) < 4.78 is 46.4. The number of hydrogen-bond acceptors (Lipinski definition) is 3. The fourth-order valence-corrected chi connectivity index (χ4v) is 4.94. The van der Waals surface area contributed by atoms with Gasteiger partial charge in [-0.05, 0) is 53.8 Å². The zero-order valence-corrected chi connectivity index (χ0v) is 22.9. The van der Waals surface area contributed by atoms with Crippen molar-refractivity contribution in [3.05, 3.63) is 137 Å². The van der Waals surface area contributed by atoms with Crippen LogP contribution in [0.3, 0.4) is 0 Å². The summed E-state index contributed by atoms with van der Waals surface area (Å²) in [7, 11) is 0. The Labute approximate surface area is 239 Å². The molecule has 0 saturated heterocycles. The molecule has 4 rings (SSSR count). The van der Waals surface area contributed by atoms with E-state index in [4.69, 9.17) is 9.84 Å². The maximum atomic E-state index is 13.5. The molecule has 0 aromatic heterocycles. The standard InChI is InChI=1S/C34H34F3NO3/c1-25(18-19-41-31-17-9-10-26(21-31)22-33(39)40)38(23-27-11-8-16-30(20-27)34(35,36)37)24-32(28-12-4-2-5-13-28)29-14-6-3-7-15-29/h2-17,20-21,25,32H,18-19,22-24H2,1H3,(H,39,40)/t25-/m1/s1. The number of carboxylic acid groups (broad SMARTS) is 1. The third kappa shape index (κ3) is 8.95. The molecule has 214 valence electrons. The van der Waals surface area contributed by atoms with Gasteiger partial charge in [-0.2, -0.15) is 13.2 Å². The van der Waals surface area contributed by atoms with Gasteiger partial charge in [0.2, 0.25) is 0 Å². The molecule has 0 spiro atoms. The molecule has 4 aromatic rings. The molecule has 0 saturated carbocycles. The Bertz CT molecular complexity index is 1350. The monoisotopic (exact) mass is 561 g/mol. The maximum Gasteiger partial charge on any atom is 0.416 e. The predicted molar refractivity (Wildman–Crippen MR) is 154 cm³/mol. The molecule has 4 aromatic carbocycles. The van der Waals surface area contributed by atoms with Crippen molar-refractivity contribution in [2.45, 2.75) is 44.4 Å². The Morgan fingerprint density at radius 2 is 1.44 bits per heavy atom. The summed E-state index contributed by atoms with van der Waals surface area (Å²) in [5, 5.41) is 9.08. The van der Waals surface area contributed by atoms with E-state index in [9.17, 15) is 18.0 Å². The lowest BCUT2D eigenvalue weighted by molar-refractivity contribution is -0.138. The lowest BCUT2D eigenvalue weighted by Gasteiger charge is -2.33. The van der Waals surface area contributed by atoms with Gasteiger partial charge in [-0.15, -0.1) is 0 Å². The Morgan fingerprint density at radius 1 is 0.829 bits per heavy atom. The first-order chi connectivity index (χ1) is 19.7. The third-order valence-electron chi connectivity index (χ3n) is 7.14. The SMILES string of the molecule is C[C@H](CCOc1cccc(CC(=O)O)c1)N(Cc1cccc(C(F)(F)F)c1)CC(c1ccccc1)c1ccccc1. The van der Waals surface area contributed by atoms with Crippen LogP contribution in [0.5, 0.6) is 5.75 Å². The van der Waals surface area contributed by atoms with Crippen LogP contribution in [0.25, 0.3) is 0 Å². The summed E-state index contributed by atoms with van der Waals surface area (Å²) in [5.74, 6) is -0.307. The van der Waals surface area contributed by atoms with E-state index in [1.807, 2.05) is 36.4 Å². The third-order valence-corrected chi connectivity index (χ3v) is 7.14. The lowest BCUT2D eigenvalue weighted by Crippen LogP contribution is -2.37. The minimum absolute atomic E-state index is 0.0132. The van der Waals surface area contributed by atoms with Crippen LogP contribution in [0.2, 0.25) is 0 Å². The van der Waals surface area contributed by atoms with Crippen molar-refractivity contribution in [3.8, 4) is 5.75 Å². The van der Waals surface area contributed by atoms with Crippen molar-refractivity contribution in [1.82, 2.24) is 4.90 Å². The maximum absolute atomic E-state index is 13.5. The van der Waals surface area contributed by atoms with E-state index >= 15 is 0 Å². The van der Waals surface area contributed by atoms with Crippen molar-refractivity contribution in [3.63, 3.8) is 0 Å². The Kier molecular flexibility index (Phi) is 10.2. The second-order valence-electron chi connectivity index (χ2n) is 10.2. The quantitative estimate of drug-likeness (QED) is 0.181. The van der Waals surface area contributed by atoms with E-state index in [0.717, 1.165) is 17.2 Å². The van der Waals surface area contributed by atoms with Gasteiger partial charge < -0.3 is 9.84 Å². The van der Waals surface area contributed by atoms with Crippen LogP contribution in [-0.4, -0.2) is 35.2 Å². The van der Waals surface area contributed by atoms with E-state index in [1.165, 1.54) is 12.1 Å². The van der Waals surface area contributed by atoms with Gasteiger partial charge in [-0.1, -0.05) is 91.0 Å². The first-order valence-corrected chi connectivity index (χ1v) is 13.6. The fourth-order valence-electron chi connectivity index (χ4n) is 4.94. The largest absolute Gasteiger partial charge is 0.494 e. The number of halogens is 3. The second-order valence-corrected chi connectivity index (χ2v) is 10.2. The Balaban J connectivity index is 1.56. The van der Waals surface area contributed by atoms with Crippen LogP contribution >= 0.6 is 0 Å². The topological polar surface area (TPSA) is 49.8 Å². The molecule has 0 unspecified atom stereocenters. The molecular formula is C34H34F3NO3. The number of carbonyl (C=O) groups is 1. The van der Waals surface area contributed by atoms with Crippen molar-refractivity contribution in [2.75, 3.05) is 13.2 Å². The number of hydrogen-bond donors (Lipinski definition) is 1. The highest BCUT2D eigenvalue weighted by Crippen LogP contribution is 2.31. The zero-order chi connectivity index (χ0) is 29.2. The number of benzene rings is 4. The summed E-state index contributed by atoms with van der Waals surface area (Å²) >= 11 is 0. The lowest BCUT2D eigenvalue weighted by atomic mass is 9.90. The first kappa shape index (κ1) is 29.9. The summed E-state index contributed by atoms with van der Waals surface area (Å²) in [6.07, 6.45) is -3.87. The van der Waals surface area contributed by atoms with Crippen molar-refractivity contribution in [2.24, 2.45) is 0 Å². The summed E-state index contributed by atoms with van der Waals surface area (Å²) in [6, 6.07) is 32.8. The van der Waals surface area contributed by atoms with Crippen LogP contribution in [0.15, 0.2) is 109 Å². The Morgan fingerprint density at radius 3 is 2.05 bits per heavy atom. The summed E-state index contributed by atoms with van der Waals surface area (Å²) in [4.78, 5) is 13.3. The molecule has 0 amide bonds. The van der Waals surface area contributed by atoms with Gasteiger partial charge in [0.25, 0.3) is 0 Å².